The molecule has 80 heavy (non-hydrogen) atoms. The van der Waals surface area contributed by atoms with Gasteiger partial charge in [-0.05, 0) is 90.1 Å². The Labute approximate surface area is 472 Å². The minimum absolute atomic E-state index is 0.0621. The molecule has 0 unspecified atom stereocenters. The van der Waals surface area contributed by atoms with E-state index in [-0.39, 0.29) is 13.2 Å². The van der Waals surface area contributed by atoms with Gasteiger partial charge in [-0.3, -0.25) is 4.90 Å². The number of H-pyrrole nitrogens is 1. The average Bonchev–Trinajstić information content (AvgIpc) is 4.45. The first-order chi connectivity index (χ1) is 39.6. The molecule has 0 radical (unpaired) electrons. The minimum Gasteiger partial charge on any atom is -0.410 e. The van der Waals surface area contributed by atoms with E-state index in [4.69, 9.17) is 15.4 Å². The lowest BCUT2D eigenvalue weighted by Crippen LogP contribution is -2.32. The summed E-state index contributed by atoms with van der Waals surface area (Å²) in [5.74, 6) is 0. The second kappa shape index (κ2) is 43.2. The SMILES string of the molecule is CC.CC.CC.CC.CC.CC.CC.OCCN(CCO)Cn1nnc2ccccc21.On1nnc2ccccc21.c1ccc(-n2nc3ccccc3n2)cc1.c1ccc(-n2nnc3ccccc32)cc1.c1ccc2n[nH]nc2c1. The quantitative estimate of drug-likeness (QED) is 0.104. The molecule has 0 aliphatic rings. The predicted octanol–water partition coefficient (Wildman–Crippen LogP) is 13.3. The molecule has 12 aromatic rings. The molecule has 0 amide bonds. The van der Waals surface area contributed by atoms with Gasteiger partial charge in [-0.15, -0.1) is 25.5 Å². The van der Waals surface area contributed by atoms with Crippen molar-refractivity contribution in [2.24, 2.45) is 0 Å². The van der Waals surface area contributed by atoms with Crippen molar-refractivity contribution in [3.8, 4) is 11.4 Å². The highest BCUT2D eigenvalue weighted by Gasteiger charge is 2.09. The van der Waals surface area contributed by atoms with Crippen molar-refractivity contribution in [3.63, 3.8) is 0 Å². The van der Waals surface area contributed by atoms with E-state index in [9.17, 15) is 0 Å². The Morgan fingerprint density at radius 2 is 0.725 bits per heavy atom. The van der Waals surface area contributed by atoms with Crippen LogP contribution in [0.2, 0.25) is 0 Å². The van der Waals surface area contributed by atoms with Gasteiger partial charge in [0.1, 0.15) is 44.1 Å². The van der Waals surface area contributed by atoms with E-state index in [1.165, 1.54) is 0 Å². The summed E-state index contributed by atoms with van der Waals surface area (Å²) in [5, 5.41) is 69.4. The van der Waals surface area contributed by atoms with Crippen LogP contribution in [0.15, 0.2) is 182 Å². The number of hydrogen-bond donors (Lipinski definition) is 4. The lowest BCUT2D eigenvalue weighted by Gasteiger charge is -2.19. The molecule has 0 fully saturated rings. The maximum Gasteiger partial charge on any atom is 0.130 e. The van der Waals surface area contributed by atoms with Gasteiger partial charge in [-0.25, -0.2) is 9.36 Å². The Morgan fingerprint density at radius 3 is 1.19 bits per heavy atom. The number of nitrogens with zero attached hydrogens (tertiary/aromatic N) is 15. The van der Waals surface area contributed by atoms with Gasteiger partial charge in [0.25, 0.3) is 0 Å². The molecule has 0 aliphatic heterocycles. The molecular formula is C61H86N16O3. The summed E-state index contributed by atoms with van der Waals surface area (Å²) >= 11 is 0. The molecule has 0 saturated heterocycles. The fraction of sp³-hybridized carbons (Fsp3) is 0.311. The van der Waals surface area contributed by atoms with Gasteiger partial charge in [-0.2, -0.15) is 20.2 Å². The molecule has 5 heterocycles. The largest absolute Gasteiger partial charge is 0.410 e. The molecule has 0 saturated carbocycles. The zero-order chi connectivity index (χ0) is 59.3. The lowest BCUT2D eigenvalue weighted by molar-refractivity contribution is 0.130. The third kappa shape index (κ3) is 21.9. The average molecular weight is 1090 g/mol. The van der Waals surface area contributed by atoms with E-state index in [2.05, 4.69) is 56.5 Å². The molecule has 0 atom stereocenters. The monoisotopic (exact) mass is 1090 g/mol. The molecule has 19 nitrogen and oxygen atoms in total. The second-order valence-corrected chi connectivity index (χ2v) is 14.2. The fourth-order valence-electron chi connectivity index (χ4n) is 6.56. The summed E-state index contributed by atoms with van der Waals surface area (Å²) in [6.07, 6.45) is 0. The number of aliphatic hydroxyl groups excluding tert-OH is 2. The molecule has 12 rings (SSSR count). The third-order valence-corrected chi connectivity index (χ3v) is 9.77. The highest BCUT2D eigenvalue weighted by Crippen LogP contribution is 2.16. The topological polar surface area (TPSA) is 228 Å². The van der Waals surface area contributed by atoms with Crippen LogP contribution in [0.3, 0.4) is 0 Å². The van der Waals surface area contributed by atoms with Crippen LogP contribution in [0.4, 0.5) is 0 Å². The number of aromatic nitrogens is 15. The molecule has 0 spiro atoms. The number of benzene rings is 7. The van der Waals surface area contributed by atoms with Crippen LogP contribution in [-0.2, 0) is 6.67 Å². The minimum atomic E-state index is 0.0621. The molecule has 0 bridgehead atoms. The fourth-order valence-corrected chi connectivity index (χ4v) is 6.56. The summed E-state index contributed by atoms with van der Waals surface area (Å²) in [7, 11) is 0. The van der Waals surface area contributed by atoms with Gasteiger partial charge in [0, 0.05) is 13.1 Å². The van der Waals surface area contributed by atoms with Crippen molar-refractivity contribution in [3.05, 3.63) is 182 Å². The Kier molecular flexibility index (Phi) is 37.4. The second-order valence-electron chi connectivity index (χ2n) is 14.2. The van der Waals surface area contributed by atoms with Crippen molar-refractivity contribution < 1.29 is 15.4 Å². The lowest BCUT2D eigenvalue weighted by atomic mass is 10.3. The molecule has 428 valence electrons. The van der Waals surface area contributed by atoms with Crippen molar-refractivity contribution in [2.45, 2.75) is 104 Å². The first-order valence-corrected chi connectivity index (χ1v) is 27.8. The van der Waals surface area contributed by atoms with Crippen molar-refractivity contribution in [1.82, 2.24) is 80.4 Å². The Bertz CT molecular complexity index is 3260. The van der Waals surface area contributed by atoms with Crippen LogP contribution in [0, 0.1) is 0 Å². The van der Waals surface area contributed by atoms with E-state index in [1.807, 2.05) is 276 Å². The molecular weight excluding hydrogens is 1000 g/mol. The van der Waals surface area contributed by atoms with E-state index in [0.29, 0.717) is 30.8 Å². The van der Waals surface area contributed by atoms with E-state index >= 15 is 0 Å². The smallest absolute Gasteiger partial charge is 0.130 e. The summed E-state index contributed by atoms with van der Waals surface area (Å²) in [4.78, 5) is 4.33. The predicted molar refractivity (Wildman–Crippen MR) is 329 cm³/mol. The number of aliphatic hydroxyl groups is 2. The van der Waals surface area contributed by atoms with Gasteiger partial charge in [-0.1, -0.05) is 209 Å². The van der Waals surface area contributed by atoms with Crippen molar-refractivity contribution >= 4 is 55.2 Å². The number of fused-ring (bicyclic) bond motifs is 5. The maximum absolute atomic E-state index is 8.95. The van der Waals surface area contributed by atoms with E-state index in [1.54, 1.807) is 21.6 Å². The Balaban J connectivity index is 0.000000479. The van der Waals surface area contributed by atoms with Gasteiger partial charge in [0.15, 0.2) is 0 Å². The van der Waals surface area contributed by atoms with Gasteiger partial charge in [0.05, 0.1) is 42.3 Å². The van der Waals surface area contributed by atoms with Gasteiger partial charge in [0.2, 0.25) is 0 Å². The van der Waals surface area contributed by atoms with Crippen LogP contribution in [0.5, 0.6) is 0 Å². The van der Waals surface area contributed by atoms with E-state index in [0.717, 1.165) is 60.4 Å². The Morgan fingerprint density at radius 1 is 0.375 bits per heavy atom. The number of nitrogens with one attached hydrogen (secondary N) is 1. The molecule has 5 aromatic heterocycles. The summed E-state index contributed by atoms with van der Waals surface area (Å²) in [6.45, 7) is 29.7. The number of para-hydroxylation sites is 7. The highest BCUT2D eigenvalue weighted by molar-refractivity contribution is 5.77. The normalized spacial score (nSPS) is 9.41. The zero-order valence-electron chi connectivity index (χ0n) is 49.4. The molecule has 0 aliphatic carbocycles. The Hall–Kier alpha value is -8.78. The maximum atomic E-state index is 8.95. The molecule has 7 aromatic carbocycles. The molecule has 19 heteroatoms. The number of aromatic amines is 1. The van der Waals surface area contributed by atoms with Crippen LogP contribution < -0.4 is 0 Å². The first-order valence-electron chi connectivity index (χ1n) is 27.8. The standard InChI is InChI=1S/2C12H9N3.C11H16N4O2.C6H5N3O.C6H5N3.7C2H6/c1-2-6-10(7-3-1)15-12-9-5-4-8-11(12)13-14-15;1-2-6-10(7-3-1)15-13-11-8-4-5-9-12(11)14-15;16-7-5-14(6-8-17)9-15-11-4-2-1-3-10(11)12-13-15;10-9-6-4-2-1-3-5(6)7-8-9;1-2-4-6-5(3-1)7-9-8-6;7*1-2/h2*1-9H;1-4,16-17H,5-9H2;1-4,10H;1-4H,(H,7,8,9);7*1-2H3. The number of rotatable bonds is 8. The van der Waals surface area contributed by atoms with Crippen molar-refractivity contribution in [2.75, 3.05) is 26.3 Å². The summed E-state index contributed by atoms with van der Waals surface area (Å²) < 4.78 is 3.61. The highest BCUT2D eigenvalue weighted by atomic mass is 16.5. The zero-order valence-corrected chi connectivity index (χ0v) is 49.4. The van der Waals surface area contributed by atoms with Crippen LogP contribution in [0.1, 0.15) is 96.9 Å². The summed E-state index contributed by atoms with van der Waals surface area (Å²) in [6, 6.07) is 58.3. The van der Waals surface area contributed by atoms with Crippen molar-refractivity contribution in [1.29, 1.82) is 0 Å². The summed E-state index contributed by atoms with van der Waals surface area (Å²) in [5.41, 5.74) is 10.8. The van der Waals surface area contributed by atoms with Crippen LogP contribution in [-0.4, -0.2) is 122 Å². The number of hydrogen-bond acceptors (Lipinski definition) is 14. The first kappa shape index (κ1) is 69.2. The van der Waals surface area contributed by atoms with E-state index < -0.39 is 0 Å². The van der Waals surface area contributed by atoms with Crippen LogP contribution in [0.25, 0.3) is 66.5 Å². The van der Waals surface area contributed by atoms with Gasteiger partial charge >= 0.3 is 0 Å². The third-order valence-electron chi connectivity index (χ3n) is 9.77. The van der Waals surface area contributed by atoms with Crippen LogP contribution >= 0.6 is 0 Å². The molecule has 4 N–H and O–H groups in total. The van der Waals surface area contributed by atoms with Gasteiger partial charge < -0.3 is 15.4 Å².